The van der Waals surface area contributed by atoms with Gasteiger partial charge in [-0.15, -0.1) is 0 Å². The van der Waals surface area contributed by atoms with E-state index in [1.807, 2.05) is 0 Å². The first-order valence-corrected chi connectivity index (χ1v) is 4.79. The molecule has 0 unspecified atom stereocenters. The molecule has 3 N–H and O–H groups in total. The second kappa shape index (κ2) is 11.9. The molecular formula is C10H24O3. The molecule has 0 saturated heterocycles. The Morgan fingerprint density at radius 1 is 0.615 bits per heavy atom. The molecule has 2 aliphatic rings. The minimum Gasteiger partial charge on any atom is -0.400 e. The van der Waals surface area contributed by atoms with E-state index in [1.165, 1.54) is 11.8 Å². The van der Waals surface area contributed by atoms with Gasteiger partial charge in [0.1, 0.15) is 0 Å². The molecule has 0 heterocycles. The zero-order valence-electron chi connectivity index (χ0n) is 9.03. The Kier molecular flexibility index (Phi) is 14.0. The van der Waals surface area contributed by atoms with Gasteiger partial charge >= 0.3 is 0 Å². The molecule has 2 bridgehead atoms. The van der Waals surface area contributed by atoms with E-state index in [0.717, 1.165) is 21.3 Å². The van der Waals surface area contributed by atoms with Crippen LogP contribution in [0, 0.1) is 11.8 Å². The molecule has 0 aromatic heterocycles. The molecule has 3 heteroatoms. The highest BCUT2D eigenvalue weighted by molar-refractivity contribution is 4.82. The number of hydrogen-bond acceptors (Lipinski definition) is 3. The van der Waals surface area contributed by atoms with Gasteiger partial charge in [-0.3, -0.25) is 0 Å². The van der Waals surface area contributed by atoms with Crippen molar-refractivity contribution in [2.75, 3.05) is 21.3 Å². The Bertz CT molecular complexity index is 68.2. The average Bonchev–Trinajstić information content (AvgIpc) is 2.90. The van der Waals surface area contributed by atoms with Crippen molar-refractivity contribution in [2.24, 2.45) is 11.8 Å². The maximum Gasteiger partial charge on any atom is 0.0319 e. The molecule has 2 fully saturated rings. The Balaban J connectivity index is 0. The molecule has 2 rings (SSSR count). The number of rotatable bonds is 0. The van der Waals surface area contributed by atoms with E-state index in [-0.39, 0.29) is 0 Å². The Hall–Kier alpha value is -0.120. The van der Waals surface area contributed by atoms with Gasteiger partial charge in [-0.25, -0.2) is 0 Å². The quantitative estimate of drug-likeness (QED) is 0.537. The lowest BCUT2D eigenvalue weighted by molar-refractivity contribution is 0.399. The summed E-state index contributed by atoms with van der Waals surface area (Å²) in [7, 11) is 3.00. The largest absolute Gasteiger partial charge is 0.400 e. The smallest absolute Gasteiger partial charge is 0.0319 e. The second-order valence-corrected chi connectivity index (χ2v) is 3.12. The summed E-state index contributed by atoms with van der Waals surface area (Å²) >= 11 is 0. The van der Waals surface area contributed by atoms with E-state index in [4.69, 9.17) is 15.3 Å². The van der Waals surface area contributed by atoms with Gasteiger partial charge in [-0.1, -0.05) is 25.7 Å². The van der Waals surface area contributed by atoms with Crippen molar-refractivity contribution in [3.63, 3.8) is 0 Å². The summed E-state index contributed by atoms with van der Waals surface area (Å²) in [6.45, 7) is 0. The van der Waals surface area contributed by atoms with Gasteiger partial charge in [0.25, 0.3) is 0 Å². The molecule has 13 heavy (non-hydrogen) atoms. The molecule has 0 spiro atoms. The van der Waals surface area contributed by atoms with Gasteiger partial charge in [0, 0.05) is 21.3 Å². The first-order valence-electron chi connectivity index (χ1n) is 4.79. The van der Waals surface area contributed by atoms with Crippen molar-refractivity contribution in [1.29, 1.82) is 0 Å². The average molecular weight is 192 g/mol. The normalized spacial score (nSPS) is 27.2. The third kappa shape index (κ3) is 6.02. The highest BCUT2D eigenvalue weighted by Crippen LogP contribution is 2.43. The van der Waals surface area contributed by atoms with E-state index in [2.05, 4.69) is 0 Å². The first-order chi connectivity index (χ1) is 6.45. The van der Waals surface area contributed by atoms with E-state index in [9.17, 15) is 0 Å². The molecule has 82 valence electrons. The topological polar surface area (TPSA) is 60.7 Å². The van der Waals surface area contributed by atoms with E-state index >= 15 is 0 Å². The summed E-state index contributed by atoms with van der Waals surface area (Å²) in [5.41, 5.74) is 0. The summed E-state index contributed by atoms with van der Waals surface area (Å²) < 4.78 is 0. The Labute approximate surface area is 81.4 Å². The SMILES string of the molecule is C1CC2CCC1C2.CO.CO.CO. The number of aliphatic hydroxyl groups excluding tert-OH is 3. The van der Waals surface area contributed by atoms with Crippen LogP contribution in [0.2, 0.25) is 0 Å². The van der Waals surface area contributed by atoms with E-state index in [1.54, 1.807) is 32.1 Å². The Morgan fingerprint density at radius 3 is 0.923 bits per heavy atom. The fourth-order valence-electron chi connectivity index (χ4n) is 2.17. The first kappa shape index (κ1) is 15.4. The van der Waals surface area contributed by atoms with Crippen molar-refractivity contribution >= 4 is 0 Å². The zero-order chi connectivity index (χ0) is 10.7. The summed E-state index contributed by atoms with van der Waals surface area (Å²) in [4.78, 5) is 0. The fourth-order valence-corrected chi connectivity index (χ4v) is 2.17. The van der Waals surface area contributed by atoms with Crippen LogP contribution in [-0.2, 0) is 0 Å². The van der Waals surface area contributed by atoms with E-state index < -0.39 is 0 Å². The van der Waals surface area contributed by atoms with Crippen LogP contribution in [0.1, 0.15) is 32.1 Å². The summed E-state index contributed by atoms with van der Waals surface area (Å²) in [5.74, 6) is 2.34. The van der Waals surface area contributed by atoms with Gasteiger partial charge in [-0.05, 0) is 18.3 Å². The van der Waals surface area contributed by atoms with Crippen molar-refractivity contribution in [1.82, 2.24) is 0 Å². The highest BCUT2D eigenvalue weighted by Gasteiger charge is 2.30. The lowest BCUT2D eigenvalue weighted by Gasteiger charge is -2.05. The lowest BCUT2D eigenvalue weighted by atomic mass is 10.0. The van der Waals surface area contributed by atoms with Crippen LogP contribution < -0.4 is 0 Å². The summed E-state index contributed by atoms with van der Waals surface area (Å²) in [5, 5.41) is 21.0. The number of fused-ring (bicyclic) bond motifs is 2. The van der Waals surface area contributed by atoms with Crippen molar-refractivity contribution in [2.45, 2.75) is 32.1 Å². The molecule has 0 aliphatic heterocycles. The highest BCUT2D eigenvalue weighted by atomic mass is 16.2. The molecule has 0 atom stereocenters. The van der Waals surface area contributed by atoms with Gasteiger partial charge < -0.3 is 15.3 Å². The standard InChI is InChI=1S/C7H12.3CH4O/c1-2-7-4-3-6(1)5-7;3*1-2/h6-7H,1-5H2;3*2H,1H3. The van der Waals surface area contributed by atoms with Crippen LogP contribution in [0.25, 0.3) is 0 Å². The van der Waals surface area contributed by atoms with Crippen LogP contribution in [0.3, 0.4) is 0 Å². The Morgan fingerprint density at radius 2 is 0.846 bits per heavy atom. The van der Waals surface area contributed by atoms with Crippen LogP contribution in [-0.4, -0.2) is 36.6 Å². The third-order valence-electron chi connectivity index (χ3n) is 2.63. The fraction of sp³-hybridized carbons (Fsp3) is 1.00. The molecule has 2 aliphatic carbocycles. The van der Waals surface area contributed by atoms with Crippen molar-refractivity contribution < 1.29 is 15.3 Å². The van der Waals surface area contributed by atoms with Crippen LogP contribution in [0.4, 0.5) is 0 Å². The van der Waals surface area contributed by atoms with Crippen molar-refractivity contribution in [3.05, 3.63) is 0 Å². The molecule has 3 nitrogen and oxygen atoms in total. The number of aliphatic hydroxyl groups is 3. The maximum absolute atomic E-state index is 7.00. The molecule has 0 radical (unpaired) electrons. The zero-order valence-corrected chi connectivity index (χ0v) is 9.03. The predicted octanol–water partition coefficient (Wildman–Crippen LogP) is 1.02. The lowest BCUT2D eigenvalue weighted by Crippen LogP contribution is -1.90. The molecule has 2 saturated carbocycles. The third-order valence-corrected chi connectivity index (χ3v) is 2.63. The van der Waals surface area contributed by atoms with Crippen LogP contribution in [0.5, 0.6) is 0 Å². The van der Waals surface area contributed by atoms with Crippen molar-refractivity contribution in [3.8, 4) is 0 Å². The second-order valence-electron chi connectivity index (χ2n) is 3.12. The van der Waals surface area contributed by atoms with Crippen LogP contribution >= 0.6 is 0 Å². The summed E-state index contributed by atoms with van der Waals surface area (Å²) in [6.07, 6.45) is 7.82. The van der Waals surface area contributed by atoms with Crippen LogP contribution in [0.15, 0.2) is 0 Å². The van der Waals surface area contributed by atoms with Gasteiger partial charge in [0.15, 0.2) is 0 Å². The van der Waals surface area contributed by atoms with Gasteiger partial charge in [-0.2, -0.15) is 0 Å². The minimum atomic E-state index is 1.00. The van der Waals surface area contributed by atoms with E-state index in [0.29, 0.717) is 0 Å². The molecule has 0 aromatic rings. The molecular weight excluding hydrogens is 168 g/mol. The maximum atomic E-state index is 7.00. The molecule has 0 aromatic carbocycles. The minimum absolute atomic E-state index is 1.00. The van der Waals surface area contributed by atoms with Gasteiger partial charge in [0.05, 0.1) is 0 Å². The van der Waals surface area contributed by atoms with Gasteiger partial charge in [0.2, 0.25) is 0 Å². The predicted molar refractivity (Wildman–Crippen MR) is 54.5 cm³/mol. The number of hydrogen-bond donors (Lipinski definition) is 3. The molecule has 0 amide bonds. The monoisotopic (exact) mass is 192 g/mol. The summed E-state index contributed by atoms with van der Waals surface area (Å²) in [6, 6.07) is 0.